The van der Waals surface area contributed by atoms with Crippen molar-refractivity contribution < 1.29 is 9.47 Å². The zero-order valence-corrected chi connectivity index (χ0v) is 10.3. The summed E-state index contributed by atoms with van der Waals surface area (Å²) in [6, 6.07) is 1.14. The second-order valence-corrected chi connectivity index (χ2v) is 4.83. The first-order valence-electron chi connectivity index (χ1n) is 6.49. The predicted molar refractivity (Wildman–Crippen MR) is 63.7 cm³/mol. The van der Waals surface area contributed by atoms with Crippen LogP contribution in [0.4, 0.5) is 0 Å². The van der Waals surface area contributed by atoms with E-state index >= 15 is 0 Å². The summed E-state index contributed by atoms with van der Waals surface area (Å²) in [5.41, 5.74) is 0. The van der Waals surface area contributed by atoms with Crippen LogP contribution < -0.4 is 5.32 Å². The van der Waals surface area contributed by atoms with Crippen LogP contribution in [0.2, 0.25) is 0 Å². The molecule has 2 saturated heterocycles. The maximum Gasteiger partial charge on any atom is 0.0619 e. The van der Waals surface area contributed by atoms with Gasteiger partial charge in [0, 0.05) is 38.3 Å². The lowest BCUT2D eigenvalue weighted by atomic mass is 10.1. The van der Waals surface area contributed by atoms with Crippen LogP contribution in [0, 0.1) is 0 Å². The Hall–Kier alpha value is -0.160. The molecule has 0 radical (unpaired) electrons. The Kier molecular flexibility index (Phi) is 5.03. The molecule has 0 bridgehead atoms. The molecule has 4 heteroatoms. The smallest absolute Gasteiger partial charge is 0.0619 e. The fourth-order valence-electron chi connectivity index (χ4n) is 2.41. The largest absolute Gasteiger partial charge is 0.380 e. The Labute approximate surface area is 98.3 Å². The zero-order chi connectivity index (χ0) is 11.2. The lowest BCUT2D eigenvalue weighted by molar-refractivity contribution is -0.000957. The molecule has 94 valence electrons. The van der Waals surface area contributed by atoms with Gasteiger partial charge in [0.05, 0.1) is 19.8 Å². The fourth-order valence-corrected chi connectivity index (χ4v) is 2.41. The monoisotopic (exact) mass is 228 g/mol. The summed E-state index contributed by atoms with van der Waals surface area (Å²) in [5, 5.41) is 3.58. The second kappa shape index (κ2) is 6.55. The van der Waals surface area contributed by atoms with Gasteiger partial charge in [0.25, 0.3) is 0 Å². The van der Waals surface area contributed by atoms with Crippen molar-refractivity contribution >= 4 is 0 Å². The summed E-state index contributed by atoms with van der Waals surface area (Å²) in [4.78, 5) is 2.50. The minimum atomic E-state index is 0.568. The molecule has 0 spiro atoms. The standard InChI is InChI=1S/C12H24N2O2/c1-11-9-16-8-6-14(11)5-4-13-12-3-2-7-15-10-12/h11-13H,2-10H2,1H3. The van der Waals surface area contributed by atoms with Crippen LogP contribution in [-0.2, 0) is 9.47 Å². The summed E-state index contributed by atoms with van der Waals surface area (Å²) in [6.07, 6.45) is 2.46. The van der Waals surface area contributed by atoms with Crippen LogP contribution in [0.1, 0.15) is 19.8 Å². The molecule has 1 N–H and O–H groups in total. The molecule has 0 amide bonds. The highest BCUT2D eigenvalue weighted by Crippen LogP contribution is 2.07. The van der Waals surface area contributed by atoms with E-state index in [2.05, 4.69) is 17.1 Å². The Bertz CT molecular complexity index is 195. The lowest BCUT2D eigenvalue weighted by Crippen LogP contribution is -2.48. The predicted octanol–water partition coefficient (Wildman–Crippen LogP) is 0.476. The third-order valence-corrected chi connectivity index (χ3v) is 3.50. The number of hydrogen-bond donors (Lipinski definition) is 1. The fraction of sp³-hybridized carbons (Fsp3) is 1.00. The molecule has 2 heterocycles. The highest BCUT2D eigenvalue weighted by atomic mass is 16.5. The van der Waals surface area contributed by atoms with Gasteiger partial charge in [-0.1, -0.05) is 0 Å². The third kappa shape index (κ3) is 3.70. The Balaban J connectivity index is 1.59. The van der Waals surface area contributed by atoms with E-state index in [9.17, 15) is 0 Å². The molecule has 2 aliphatic rings. The topological polar surface area (TPSA) is 33.7 Å². The lowest BCUT2D eigenvalue weighted by Gasteiger charge is -2.34. The van der Waals surface area contributed by atoms with Crippen LogP contribution in [0.25, 0.3) is 0 Å². The van der Waals surface area contributed by atoms with Gasteiger partial charge in [0.2, 0.25) is 0 Å². The Morgan fingerprint density at radius 1 is 1.25 bits per heavy atom. The third-order valence-electron chi connectivity index (χ3n) is 3.50. The molecule has 0 aromatic carbocycles. The first kappa shape index (κ1) is 12.3. The highest BCUT2D eigenvalue weighted by Gasteiger charge is 2.19. The SMILES string of the molecule is CC1COCCN1CCNC1CCCOC1. The average molecular weight is 228 g/mol. The molecule has 4 nitrogen and oxygen atoms in total. The molecular weight excluding hydrogens is 204 g/mol. The van der Waals surface area contributed by atoms with Crippen molar-refractivity contribution in [1.82, 2.24) is 10.2 Å². The van der Waals surface area contributed by atoms with E-state index in [0.29, 0.717) is 12.1 Å². The van der Waals surface area contributed by atoms with Crippen LogP contribution in [0.5, 0.6) is 0 Å². The first-order chi connectivity index (χ1) is 7.86. The summed E-state index contributed by atoms with van der Waals surface area (Å²) >= 11 is 0. The van der Waals surface area contributed by atoms with Crippen LogP contribution in [0.15, 0.2) is 0 Å². The minimum Gasteiger partial charge on any atom is -0.380 e. The number of rotatable bonds is 4. The molecule has 2 fully saturated rings. The van der Waals surface area contributed by atoms with Crippen molar-refractivity contribution in [3.63, 3.8) is 0 Å². The van der Waals surface area contributed by atoms with Gasteiger partial charge in [-0.3, -0.25) is 4.90 Å². The molecule has 2 atom stereocenters. The van der Waals surface area contributed by atoms with Gasteiger partial charge >= 0.3 is 0 Å². The van der Waals surface area contributed by atoms with Crippen LogP contribution in [-0.4, -0.2) is 63.0 Å². The first-order valence-corrected chi connectivity index (χ1v) is 6.49. The minimum absolute atomic E-state index is 0.568. The van der Waals surface area contributed by atoms with Gasteiger partial charge in [-0.15, -0.1) is 0 Å². The van der Waals surface area contributed by atoms with Gasteiger partial charge in [0.1, 0.15) is 0 Å². The van der Waals surface area contributed by atoms with Crippen molar-refractivity contribution in [3.05, 3.63) is 0 Å². The highest BCUT2D eigenvalue weighted by molar-refractivity contribution is 4.74. The van der Waals surface area contributed by atoms with Crippen molar-refractivity contribution in [2.45, 2.75) is 31.8 Å². The quantitative estimate of drug-likeness (QED) is 0.758. The molecule has 16 heavy (non-hydrogen) atoms. The van der Waals surface area contributed by atoms with Crippen LogP contribution >= 0.6 is 0 Å². The van der Waals surface area contributed by atoms with E-state index in [0.717, 1.165) is 46.1 Å². The van der Waals surface area contributed by atoms with E-state index in [1.807, 2.05) is 0 Å². The van der Waals surface area contributed by atoms with E-state index in [1.165, 1.54) is 12.8 Å². The summed E-state index contributed by atoms with van der Waals surface area (Å²) in [7, 11) is 0. The van der Waals surface area contributed by atoms with E-state index in [1.54, 1.807) is 0 Å². The van der Waals surface area contributed by atoms with E-state index in [4.69, 9.17) is 9.47 Å². The molecule has 0 saturated carbocycles. The number of nitrogens with zero attached hydrogens (tertiary/aromatic N) is 1. The maximum atomic E-state index is 5.45. The van der Waals surface area contributed by atoms with Gasteiger partial charge in [-0.25, -0.2) is 0 Å². The number of nitrogens with one attached hydrogen (secondary N) is 1. The van der Waals surface area contributed by atoms with Crippen molar-refractivity contribution in [1.29, 1.82) is 0 Å². The molecule has 0 aromatic rings. The van der Waals surface area contributed by atoms with Gasteiger partial charge in [-0.2, -0.15) is 0 Å². The molecular formula is C12H24N2O2. The van der Waals surface area contributed by atoms with Crippen LogP contribution in [0.3, 0.4) is 0 Å². The molecule has 0 aromatic heterocycles. The van der Waals surface area contributed by atoms with E-state index < -0.39 is 0 Å². The molecule has 2 rings (SSSR count). The normalized spacial score (nSPS) is 32.8. The average Bonchev–Trinajstić information content (AvgIpc) is 2.33. The molecule has 2 aliphatic heterocycles. The molecule has 0 aliphatic carbocycles. The van der Waals surface area contributed by atoms with E-state index in [-0.39, 0.29) is 0 Å². The van der Waals surface area contributed by atoms with Crippen molar-refractivity contribution in [2.75, 3.05) is 46.1 Å². The number of hydrogen-bond acceptors (Lipinski definition) is 4. The molecule has 2 unspecified atom stereocenters. The second-order valence-electron chi connectivity index (χ2n) is 4.83. The Morgan fingerprint density at radius 2 is 2.12 bits per heavy atom. The number of ether oxygens (including phenoxy) is 2. The summed E-state index contributed by atoms with van der Waals surface area (Å²) in [5.74, 6) is 0. The van der Waals surface area contributed by atoms with Crippen molar-refractivity contribution in [3.8, 4) is 0 Å². The van der Waals surface area contributed by atoms with Crippen molar-refractivity contribution in [2.24, 2.45) is 0 Å². The van der Waals surface area contributed by atoms with Gasteiger partial charge in [0.15, 0.2) is 0 Å². The van der Waals surface area contributed by atoms with Gasteiger partial charge < -0.3 is 14.8 Å². The maximum absolute atomic E-state index is 5.45. The summed E-state index contributed by atoms with van der Waals surface area (Å²) in [6.45, 7) is 9.10. The zero-order valence-electron chi connectivity index (χ0n) is 10.3. The summed E-state index contributed by atoms with van der Waals surface area (Å²) < 4.78 is 10.9. The van der Waals surface area contributed by atoms with Gasteiger partial charge in [-0.05, 0) is 19.8 Å². The Morgan fingerprint density at radius 3 is 2.88 bits per heavy atom. The number of morpholine rings is 1.